The summed E-state index contributed by atoms with van der Waals surface area (Å²) in [5.74, 6) is 0. The fraction of sp³-hybridized carbons (Fsp3) is 0.944. The van der Waals surface area contributed by atoms with Gasteiger partial charge < -0.3 is 9.80 Å². The van der Waals surface area contributed by atoms with Gasteiger partial charge in [0.25, 0.3) is 0 Å². The van der Waals surface area contributed by atoms with Crippen molar-refractivity contribution in [3.8, 4) is 0 Å². The van der Waals surface area contributed by atoms with Gasteiger partial charge in [-0.05, 0) is 25.7 Å². The maximum Gasteiger partial charge on any atom is 0.0847 e. The van der Waals surface area contributed by atoms with Crippen molar-refractivity contribution in [1.82, 2.24) is 9.80 Å². The van der Waals surface area contributed by atoms with Crippen LogP contribution in [0.1, 0.15) is 70.6 Å². The molecule has 2 rings (SSSR count). The number of aliphatic imine (C=N–C) groups is 1. The highest BCUT2D eigenvalue weighted by Crippen LogP contribution is 2.21. The van der Waals surface area contributed by atoms with Crippen LogP contribution in [0.4, 0.5) is 0 Å². The second-order valence-corrected chi connectivity index (χ2v) is 6.95. The number of hydrogen-bond acceptors (Lipinski definition) is 3. The summed E-state index contributed by atoms with van der Waals surface area (Å²) in [5.41, 5.74) is 0. The lowest BCUT2D eigenvalue weighted by Crippen LogP contribution is -2.39. The van der Waals surface area contributed by atoms with E-state index in [9.17, 15) is 0 Å². The lowest BCUT2D eigenvalue weighted by molar-refractivity contribution is 0.162. The zero-order valence-electron chi connectivity index (χ0n) is 14.1. The smallest absolute Gasteiger partial charge is 0.0847 e. The van der Waals surface area contributed by atoms with Gasteiger partial charge in [-0.25, -0.2) is 0 Å². The third-order valence-electron chi connectivity index (χ3n) is 5.06. The van der Waals surface area contributed by atoms with E-state index in [0.717, 1.165) is 19.1 Å². The summed E-state index contributed by atoms with van der Waals surface area (Å²) in [6, 6.07) is 0.844. The lowest BCUT2D eigenvalue weighted by atomic mass is 9.96. The second kappa shape index (κ2) is 10.2. The molecule has 0 aromatic carbocycles. The molecule has 0 atom stereocenters. The molecule has 0 amide bonds. The summed E-state index contributed by atoms with van der Waals surface area (Å²) in [7, 11) is 2.15. The Hall–Kier alpha value is -0.570. The summed E-state index contributed by atoms with van der Waals surface area (Å²) in [4.78, 5) is 9.58. The van der Waals surface area contributed by atoms with Gasteiger partial charge in [0.2, 0.25) is 0 Å². The minimum Gasteiger partial charge on any atom is -0.366 e. The molecule has 3 nitrogen and oxygen atoms in total. The molecule has 1 aliphatic carbocycles. The summed E-state index contributed by atoms with van der Waals surface area (Å²) in [6.45, 7) is 4.68. The molecule has 0 bridgehead atoms. The van der Waals surface area contributed by atoms with Crippen molar-refractivity contribution >= 4 is 6.34 Å². The first kappa shape index (κ1) is 16.8. The molecule has 0 N–H and O–H groups in total. The normalized spacial score (nSPS) is 25.7. The minimum absolute atomic E-state index is 0.844. The van der Waals surface area contributed by atoms with E-state index in [1.807, 2.05) is 6.34 Å². The monoisotopic (exact) mass is 293 g/mol. The number of rotatable bonds is 1. The molecule has 0 saturated heterocycles. The van der Waals surface area contributed by atoms with Gasteiger partial charge in [0.1, 0.15) is 0 Å². The first-order valence-corrected chi connectivity index (χ1v) is 9.30. The molecular formula is C18H35N3. The molecule has 1 fully saturated rings. The van der Waals surface area contributed by atoms with Crippen molar-refractivity contribution < 1.29 is 0 Å². The van der Waals surface area contributed by atoms with Gasteiger partial charge in [0.05, 0.1) is 6.34 Å². The van der Waals surface area contributed by atoms with E-state index in [-0.39, 0.29) is 0 Å². The molecule has 3 heteroatoms. The Kier molecular flexibility index (Phi) is 8.16. The van der Waals surface area contributed by atoms with E-state index >= 15 is 0 Å². The van der Waals surface area contributed by atoms with E-state index in [1.54, 1.807) is 0 Å². The topological polar surface area (TPSA) is 18.8 Å². The molecule has 1 heterocycles. The fourth-order valence-electron chi connectivity index (χ4n) is 3.77. The molecule has 0 radical (unpaired) electrons. The third kappa shape index (κ3) is 6.82. The van der Waals surface area contributed by atoms with Crippen LogP contribution in [0.2, 0.25) is 0 Å². The number of nitrogens with zero attached hydrogens (tertiary/aromatic N) is 3. The Morgan fingerprint density at radius 2 is 1.38 bits per heavy atom. The SMILES string of the molecule is CN1C=NCCCN(C2CCCCCCCCC2)CCC1. The Labute approximate surface area is 131 Å². The van der Waals surface area contributed by atoms with Crippen molar-refractivity contribution in [2.45, 2.75) is 76.7 Å². The zero-order chi connectivity index (χ0) is 14.8. The Bertz CT molecular complexity index is 280. The van der Waals surface area contributed by atoms with Gasteiger partial charge >= 0.3 is 0 Å². The largest absolute Gasteiger partial charge is 0.366 e. The predicted molar refractivity (Wildman–Crippen MR) is 92.1 cm³/mol. The van der Waals surface area contributed by atoms with Crippen LogP contribution in [0.5, 0.6) is 0 Å². The second-order valence-electron chi connectivity index (χ2n) is 6.95. The first-order valence-electron chi connectivity index (χ1n) is 9.30. The van der Waals surface area contributed by atoms with Crippen LogP contribution in [-0.2, 0) is 0 Å². The highest BCUT2D eigenvalue weighted by Gasteiger charge is 2.18. The van der Waals surface area contributed by atoms with Gasteiger partial charge in [0, 0.05) is 39.3 Å². The zero-order valence-corrected chi connectivity index (χ0v) is 14.1. The van der Waals surface area contributed by atoms with Crippen molar-refractivity contribution in [3.05, 3.63) is 0 Å². The molecule has 0 aromatic rings. The Morgan fingerprint density at radius 3 is 2.10 bits per heavy atom. The maximum absolute atomic E-state index is 4.53. The lowest BCUT2D eigenvalue weighted by Gasteiger charge is -2.33. The average Bonchev–Trinajstić information content (AvgIpc) is 2.51. The van der Waals surface area contributed by atoms with Crippen LogP contribution in [0.15, 0.2) is 4.99 Å². The first-order chi connectivity index (χ1) is 10.4. The number of hydrogen-bond donors (Lipinski definition) is 0. The van der Waals surface area contributed by atoms with E-state index in [0.29, 0.717) is 0 Å². The van der Waals surface area contributed by atoms with Crippen molar-refractivity contribution in [1.29, 1.82) is 0 Å². The van der Waals surface area contributed by atoms with E-state index in [1.165, 1.54) is 83.7 Å². The summed E-state index contributed by atoms with van der Waals surface area (Å²) in [6.07, 6.45) is 17.6. The van der Waals surface area contributed by atoms with E-state index in [4.69, 9.17) is 0 Å². The van der Waals surface area contributed by atoms with Crippen molar-refractivity contribution in [2.24, 2.45) is 4.99 Å². The average molecular weight is 293 g/mol. The molecule has 0 unspecified atom stereocenters. The van der Waals surface area contributed by atoms with Crippen LogP contribution >= 0.6 is 0 Å². The molecule has 0 aromatic heterocycles. The van der Waals surface area contributed by atoms with Gasteiger partial charge in [-0.1, -0.05) is 44.9 Å². The summed E-state index contributed by atoms with van der Waals surface area (Å²) >= 11 is 0. The third-order valence-corrected chi connectivity index (χ3v) is 5.06. The predicted octanol–water partition coefficient (Wildman–Crippen LogP) is 3.94. The maximum atomic E-state index is 4.53. The Morgan fingerprint density at radius 1 is 0.762 bits per heavy atom. The fourth-order valence-corrected chi connectivity index (χ4v) is 3.77. The molecule has 1 aliphatic heterocycles. The molecular weight excluding hydrogens is 258 g/mol. The van der Waals surface area contributed by atoms with Crippen LogP contribution in [0.3, 0.4) is 0 Å². The van der Waals surface area contributed by atoms with Crippen LogP contribution in [0, 0.1) is 0 Å². The highest BCUT2D eigenvalue weighted by molar-refractivity contribution is 5.54. The van der Waals surface area contributed by atoms with Crippen molar-refractivity contribution in [2.75, 3.05) is 33.2 Å². The highest BCUT2D eigenvalue weighted by atomic mass is 15.2. The van der Waals surface area contributed by atoms with E-state index < -0.39 is 0 Å². The molecule has 122 valence electrons. The van der Waals surface area contributed by atoms with Gasteiger partial charge in [-0.15, -0.1) is 0 Å². The van der Waals surface area contributed by atoms with Gasteiger partial charge in [0.15, 0.2) is 0 Å². The molecule has 0 spiro atoms. The van der Waals surface area contributed by atoms with Crippen LogP contribution in [-0.4, -0.2) is 55.4 Å². The quantitative estimate of drug-likeness (QED) is 0.729. The van der Waals surface area contributed by atoms with E-state index in [2.05, 4.69) is 21.8 Å². The summed E-state index contributed by atoms with van der Waals surface area (Å²) < 4.78 is 0. The van der Waals surface area contributed by atoms with Gasteiger partial charge in [-0.2, -0.15) is 0 Å². The minimum atomic E-state index is 0.844. The molecule has 21 heavy (non-hydrogen) atoms. The van der Waals surface area contributed by atoms with Gasteiger partial charge in [-0.3, -0.25) is 4.99 Å². The summed E-state index contributed by atoms with van der Waals surface area (Å²) in [5, 5.41) is 0. The van der Waals surface area contributed by atoms with Crippen LogP contribution < -0.4 is 0 Å². The Balaban J connectivity index is 1.86. The van der Waals surface area contributed by atoms with Crippen LogP contribution in [0.25, 0.3) is 0 Å². The molecule has 1 saturated carbocycles. The molecule has 2 aliphatic rings. The van der Waals surface area contributed by atoms with Crippen molar-refractivity contribution in [3.63, 3.8) is 0 Å². The standard InChI is InChI=1S/C18H35N3/c1-20-14-10-16-21(15-9-13-19-17-20)18-11-7-5-3-2-4-6-8-12-18/h17-18H,2-16H2,1H3.